The molecule has 2 N–H and O–H groups in total. The Morgan fingerprint density at radius 1 is 0.967 bits per heavy atom. The fourth-order valence-corrected chi connectivity index (χ4v) is 2.83. The highest BCUT2D eigenvalue weighted by Gasteiger charge is 2.24. The zero-order valence-corrected chi connectivity index (χ0v) is 17.8. The molecule has 7 heteroatoms. The van der Waals surface area contributed by atoms with Crippen molar-refractivity contribution in [1.29, 1.82) is 0 Å². The fraction of sp³-hybridized carbons (Fsp3) is 0.348. The van der Waals surface area contributed by atoms with Gasteiger partial charge < -0.3 is 20.3 Å². The Morgan fingerprint density at radius 2 is 1.60 bits per heavy atom. The molecule has 1 atom stereocenters. The van der Waals surface area contributed by atoms with Gasteiger partial charge in [0.15, 0.2) is 6.10 Å². The van der Waals surface area contributed by atoms with E-state index in [1.54, 1.807) is 36.1 Å². The van der Waals surface area contributed by atoms with Gasteiger partial charge in [0.1, 0.15) is 0 Å². The van der Waals surface area contributed by atoms with Crippen LogP contribution in [0.2, 0.25) is 0 Å². The smallest absolute Gasteiger partial charge is 0.338 e. The predicted octanol–water partition coefficient (Wildman–Crippen LogP) is 3.49. The Morgan fingerprint density at radius 3 is 2.17 bits per heavy atom. The molecule has 0 aromatic heterocycles. The molecular formula is C23H29N3O4. The molecule has 0 spiro atoms. The van der Waals surface area contributed by atoms with Gasteiger partial charge in [-0.25, -0.2) is 9.59 Å². The van der Waals surface area contributed by atoms with E-state index in [1.165, 1.54) is 0 Å². The second kappa shape index (κ2) is 11.0. The number of benzene rings is 2. The third-order valence-corrected chi connectivity index (χ3v) is 4.34. The molecule has 0 saturated carbocycles. The van der Waals surface area contributed by atoms with Crippen molar-refractivity contribution >= 4 is 23.6 Å². The van der Waals surface area contributed by atoms with Gasteiger partial charge in [0.25, 0.3) is 5.91 Å². The van der Waals surface area contributed by atoms with E-state index in [1.807, 2.05) is 51.1 Å². The maximum absolute atomic E-state index is 12.7. The van der Waals surface area contributed by atoms with Crippen LogP contribution in [-0.4, -0.2) is 36.6 Å². The minimum Gasteiger partial charge on any atom is -0.449 e. The van der Waals surface area contributed by atoms with Crippen LogP contribution in [0.15, 0.2) is 54.6 Å². The Balaban J connectivity index is 1.93. The highest BCUT2D eigenvalue weighted by Crippen LogP contribution is 2.16. The van der Waals surface area contributed by atoms with Crippen LogP contribution in [0, 0.1) is 0 Å². The molecule has 0 fully saturated rings. The summed E-state index contributed by atoms with van der Waals surface area (Å²) in [6, 6.07) is 15.8. The molecule has 0 bridgehead atoms. The van der Waals surface area contributed by atoms with Crippen LogP contribution in [0.4, 0.5) is 10.5 Å². The van der Waals surface area contributed by atoms with Gasteiger partial charge in [-0.05, 0) is 57.5 Å². The zero-order valence-electron chi connectivity index (χ0n) is 17.8. The monoisotopic (exact) mass is 411 g/mol. The summed E-state index contributed by atoms with van der Waals surface area (Å²) >= 11 is 0. The fourth-order valence-electron chi connectivity index (χ4n) is 2.83. The van der Waals surface area contributed by atoms with Gasteiger partial charge in [-0.15, -0.1) is 0 Å². The zero-order chi connectivity index (χ0) is 22.1. The number of nitrogens with zero attached hydrogens (tertiary/aromatic N) is 1. The molecule has 0 saturated heterocycles. The van der Waals surface area contributed by atoms with Crippen LogP contribution in [0.1, 0.15) is 43.6 Å². The number of nitrogens with one attached hydrogen (secondary N) is 2. The van der Waals surface area contributed by atoms with Gasteiger partial charge in [-0.2, -0.15) is 0 Å². The molecule has 0 radical (unpaired) electrons. The molecule has 2 aromatic rings. The molecule has 0 aliphatic carbocycles. The number of carbonyl (C=O) groups excluding carboxylic acids is 3. The molecule has 0 unspecified atom stereocenters. The molecule has 0 aliphatic heterocycles. The number of urea groups is 1. The van der Waals surface area contributed by atoms with Gasteiger partial charge in [-0.3, -0.25) is 4.79 Å². The Hall–Kier alpha value is -3.35. The molecule has 0 heterocycles. The summed E-state index contributed by atoms with van der Waals surface area (Å²) < 4.78 is 5.37. The minimum absolute atomic E-state index is 0.0531. The standard InChI is InChI=1S/C23H29N3O4/c1-5-26(20-9-7-6-8-10-20)21(27)17(4)30-22(28)19-13-11-18(12-14-19)15-24-23(29)25-16(2)3/h6-14,16-17H,5,15H2,1-4H3,(H2,24,25,29)/t17-/m0/s1. The van der Waals surface area contributed by atoms with Crippen molar-refractivity contribution in [3.8, 4) is 0 Å². The first kappa shape index (κ1) is 22.9. The molecule has 160 valence electrons. The topological polar surface area (TPSA) is 87.7 Å². The lowest BCUT2D eigenvalue weighted by atomic mass is 10.1. The van der Waals surface area contributed by atoms with E-state index in [2.05, 4.69) is 10.6 Å². The second-order valence-electron chi connectivity index (χ2n) is 7.14. The van der Waals surface area contributed by atoms with E-state index in [-0.39, 0.29) is 18.0 Å². The average Bonchev–Trinajstić information content (AvgIpc) is 2.73. The van der Waals surface area contributed by atoms with Crippen LogP contribution in [0.5, 0.6) is 0 Å². The molecule has 2 rings (SSSR count). The summed E-state index contributed by atoms with van der Waals surface area (Å²) in [5.74, 6) is -0.856. The van der Waals surface area contributed by atoms with Crippen LogP contribution in [0.3, 0.4) is 0 Å². The highest BCUT2D eigenvalue weighted by molar-refractivity contribution is 5.99. The number of hydrogen-bond donors (Lipinski definition) is 2. The molecule has 3 amide bonds. The summed E-state index contributed by atoms with van der Waals surface area (Å²) in [6.45, 7) is 8.00. The number of para-hydroxylation sites is 1. The summed E-state index contributed by atoms with van der Waals surface area (Å²) in [5.41, 5.74) is 1.94. The summed E-state index contributed by atoms with van der Waals surface area (Å²) in [4.78, 5) is 38.4. The van der Waals surface area contributed by atoms with Crippen LogP contribution in [0.25, 0.3) is 0 Å². The van der Waals surface area contributed by atoms with E-state index < -0.39 is 12.1 Å². The number of rotatable bonds is 8. The van der Waals surface area contributed by atoms with Gasteiger partial charge in [-0.1, -0.05) is 30.3 Å². The molecular weight excluding hydrogens is 382 g/mol. The maximum atomic E-state index is 12.7. The van der Waals surface area contributed by atoms with Crippen molar-refractivity contribution < 1.29 is 19.1 Å². The van der Waals surface area contributed by atoms with Crippen molar-refractivity contribution in [3.05, 3.63) is 65.7 Å². The first-order valence-corrected chi connectivity index (χ1v) is 10.0. The van der Waals surface area contributed by atoms with E-state index in [9.17, 15) is 14.4 Å². The summed E-state index contributed by atoms with van der Waals surface area (Å²) in [5, 5.41) is 5.48. The third-order valence-electron chi connectivity index (χ3n) is 4.34. The summed E-state index contributed by atoms with van der Waals surface area (Å²) in [7, 11) is 0. The third kappa shape index (κ3) is 6.62. The SMILES string of the molecule is CCN(C(=O)[C@H](C)OC(=O)c1ccc(CNC(=O)NC(C)C)cc1)c1ccccc1. The Labute approximate surface area is 177 Å². The second-order valence-corrected chi connectivity index (χ2v) is 7.14. The van der Waals surface area contributed by atoms with Crippen molar-refractivity contribution in [2.75, 3.05) is 11.4 Å². The largest absolute Gasteiger partial charge is 0.449 e. The lowest BCUT2D eigenvalue weighted by molar-refractivity contribution is -0.126. The van der Waals surface area contributed by atoms with Crippen molar-refractivity contribution in [1.82, 2.24) is 10.6 Å². The van der Waals surface area contributed by atoms with E-state index in [4.69, 9.17) is 4.74 Å². The molecule has 2 aromatic carbocycles. The number of carbonyl (C=O) groups is 3. The number of anilines is 1. The lowest BCUT2D eigenvalue weighted by Gasteiger charge is -2.24. The lowest BCUT2D eigenvalue weighted by Crippen LogP contribution is -2.40. The van der Waals surface area contributed by atoms with Gasteiger partial charge >= 0.3 is 12.0 Å². The first-order valence-electron chi connectivity index (χ1n) is 10.0. The normalized spacial score (nSPS) is 11.5. The van der Waals surface area contributed by atoms with E-state index >= 15 is 0 Å². The number of likely N-dealkylation sites (N-methyl/N-ethyl adjacent to an activating group) is 1. The Kier molecular flexibility index (Phi) is 8.41. The van der Waals surface area contributed by atoms with Crippen LogP contribution in [-0.2, 0) is 16.1 Å². The minimum atomic E-state index is -0.918. The molecule has 30 heavy (non-hydrogen) atoms. The number of amides is 3. The van der Waals surface area contributed by atoms with Gasteiger partial charge in [0.2, 0.25) is 0 Å². The molecule has 7 nitrogen and oxygen atoms in total. The van der Waals surface area contributed by atoms with Crippen molar-refractivity contribution in [2.24, 2.45) is 0 Å². The Bertz CT molecular complexity index is 851. The predicted molar refractivity (Wildman–Crippen MR) is 116 cm³/mol. The van der Waals surface area contributed by atoms with Crippen molar-refractivity contribution in [3.63, 3.8) is 0 Å². The van der Waals surface area contributed by atoms with Crippen molar-refractivity contribution in [2.45, 2.75) is 46.4 Å². The highest BCUT2D eigenvalue weighted by atomic mass is 16.5. The number of hydrogen-bond acceptors (Lipinski definition) is 4. The number of ether oxygens (including phenoxy) is 1. The van der Waals surface area contributed by atoms with Crippen LogP contribution < -0.4 is 15.5 Å². The quantitative estimate of drug-likeness (QED) is 0.651. The van der Waals surface area contributed by atoms with E-state index in [0.29, 0.717) is 18.7 Å². The summed E-state index contributed by atoms with van der Waals surface area (Å²) in [6.07, 6.45) is -0.918. The first-order chi connectivity index (χ1) is 14.3. The van der Waals surface area contributed by atoms with E-state index in [0.717, 1.165) is 11.3 Å². The van der Waals surface area contributed by atoms with Gasteiger partial charge in [0, 0.05) is 24.8 Å². The number of esters is 1. The van der Waals surface area contributed by atoms with Crippen LogP contribution >= 0.6 is 0 Å². The maximum Gasteiger partial charge on any atom is 0.338 e. The average molecular weight is 412 g/mol. The molecule has 0 aliphatic rings. The van der Waals surface area contributed by atoms with Gasteiger partial charge in [0.05, 0.1) is 5.56 Å².